The van der Waals surface area contributed by atoms with E-state index in [1.165, 1.54) is 0 Å². The van der Waals surface area contributed by atoms with Gasteiger partial charge in [-0.2, -0.15) is 0 Å². The van der Waals surface area contributed by atoms with Gasteiger partial charge in [0, 0.05) is 60.9 Å². The number of ketones is 1. The molecule has 32 heavy (non-hydrogen) atoms. The van der Waals surface area contributed by atoms with Crippen molar-refractivity contribution in [2.45, 2.75) is 39.5 Å². The van der Waals surface area contributed by atoms with Crippen LogP contribution < -0.4 is 15.5 Å². The molecule has 1 amide bonds. The Bertz CT molecular complexity index is 1110. The summed E-state index contributed by atoms with van der Waals surface area (Å²) in [6.45, 7) is 5.95. The second-order valence-corrected chi connectivity index (χ2v) is 9.09. The van der Waals surface area contributed by atoms with Gasteiger partial charge in [0.05, 0.1) is 0 Å². The van der Waals surface area contributed by atoms with Crippen LogP contribution in [-0.2, 0) is 9.59 Å². The van der Waals surface area contributed by atoms with Gasteiger partial charge in [0.25, 0.3) is 5.91 Å². The number of rotatable bonds is 4. The van der Waals surface area contributed by atoms with Gasteiger partial charge in [-0.25, -0.2) is 4.98 Å². The summed E-state index contributed by atoms with van der Waals surface area (Å²) in [5.41, 5.74) is 6.02. The smallest absolute Gasteiger partial charge is 0.255 e. The van der Waals surface area contributed by atoms with Crippen LogP contribution in [0.1, 0.15) is 43.7 Å². The van der Waals surface area contributed by atoms with Crippen LogP contribution in [0, 0.1) is 12.8 Å². The Morgan fingerprint density at radius 2 is 1.81 bits per heavy atom. The molecule has 2 aromatic rings. The number of carbonyl (C=O) groups is 2. The number of aryl methyl sites for hydroxylation is 1. The molecule has 2 unspecified atom stereocenters. The van der Waals surface area contributed by atoms with Gasteiger partial charge in [-0.1, -0.05) is 25.1 Å². The molecular weight excluding hydrogens is 400 g/mol. The summed E-state index contributed by atoms with van der Waals surface area (Å²) in [5.74, 6) is 0.231. The molecule has 2 atom stereocenters. The monoisotopic (exact) mass is 430 g/mol. The Morgan fingerprint density at radius 1 is 1.09 bits per heavy atom. The second kappa shape index (κ2) is 8.61. The van der Waals surface area contributed by atoms with Crippen molar-refractivity contribution in [3.8, 4) is 0 Å². The number of nitrogens with zero attached hydrogens (tertiary/aromatic N) is 2. The highest BCUT2D eigenvalue weighted by Gasteiger charge is 2.39. The van der Waals surface area contributed by atoms with Gasteiger partial charge in [-0.05, 0) is 55.5 Å². The maximum Gasteiger partial charge on any atom is 0.255 e. The minimum atomic E-state index is -0.409. The van der Waals surface area contributed by atoms with E-state index in [0.29, 0.717) is 23.4 Å². The van der Waals surface area contributed by atoms with Gasteiger partial charge < -0.3 is 15.5 Å². The fourth-order valence-electron chi connectivity index (χ4n) is 4.56. The summed E-state index contributed by atoms with van der Waals surface area (Å²) in [6, 6.07) is 11.8. The number of allylic oxidation sites excluding steroid dienone is 3. The molecule has 0 spiro atoms. The zero-order chi connectivity index (χ0) is 23.0. The minimum absolute atomic E-state index is 0.110. The van der Waals surface area contributed by atoms with Gasteiger partial charge in [0.15, 0.2) is 5.78 Å². The summed E-state index contributed by atoms with van der Waals surface area (Å²) >= 11 is 0. The highest BCUT2D eigenvalue weighted by atomic mass is 16.2. The molecule has 1 aliphatic carbocycles. The summed E-state index contributed by atoms with van der Waals surface area (Å²) < 4.78 is 0. The number of benzene rings is 1. The third-order valence-corrected chi connectivity index (χ3v) is 6.17. The van der Waals surface area contributed by atoms with E-state index in [4.69, 9.17) is 0 Å². The van der Waals surface area contributed by atoms with E-state index in [1.54, 1.807) is 12.3 Å². The van der Waals surface area contributed by atoms with Crippen LogP contribution in [0.15, 0.2) is 65.1 Å². The molecule has 0 radical (unpaired) electrons. The molecule has 1 aromatic carbocycles. The van der Waals surface area contributed by atoms with Crippen molar-refractivity contribution in [1.29, 1.82) is 0 Å². The van der Waals surface area contributed by atoms with Crippen LogP contribution in [0.4, 0.5) is 11.5 Å². The first-order chi connectivity index (χ1) is 15.2. The van der Waals surface area contributed by atoms with Gasteiger partial charge in [0.1, 0.15) is 5.82 Å². The van der Waals surface area contributed by atoms with E-state index < -0.39 is 5.92 Å². The average molecular weight is 431 g/mol. The van der Waals surface area contributed by atoms with E-state index in [0.717, 1.165) is 34.6 Å². The molecule has 0 bridgehead atoms. The zero-order valence-electron chi connectivity index (χ0n) is 19.3. The van der Waals surface area contributed by atoms with Gasteiger partial charge >= 0.3 is 0 Å². The number of hydrogen-bond donors (Lipinski definition) is 2. The first kappa shape index (κ1) is 21.8. The second-order valence-electron chi connectivity index (χ2n) is 9.09. The number of aromatic nitrogens is 1. The van der Waals surface area contributed by atoms with Gasteiger partial charge in [0.2, 0.25) is 0 Å². The summed E-state index contributed by atoms with van der Waals surface area (Å²) in [5, 5.41) is 6.31. The van der Waals surface area contributed by atoms with Crippen molar-refractivity contribution in [1.82, 2.24) is 10.3 Å². The minimum Gasteiger partial charge on any atom is -0.378 e. The van der Waals surface area contributed by atoms with Gasteiger partial charge in [-0.3, -0.25) is 9.59 Å². The third-order valence-electron chi connectivity index (χ3n) is 6.17. The predicted octanol–water partition coefficient (Wildman–Crippen LogP) is 4.31. The molecule has 4 rings (SSSR count). The number of dihydropyridines is 1. The lowest BCUT2D eigenvalue weighted by molar-refractivity contribution is -0.117. The Morgan fingerprint density at radius 3 is 2.44 bits per heavy atom. The van der Waals surface area contributed by atoms with E-state index in [-0.39, 0.29) is 17.6 Å². The van der Waals surface area contributed by atoms with Crippen LogP contribution in [0.5, 0.6) is 0 Å². The standard InChI is InChI=1S/C26H30N4O2/c1-15-6-11-22(27-14-15)29-26(32)23-17(3)28-20-12-16(2)13-21(31)25(20)24(23)18-7-9-19(10-8-18)30(4)5/h6-11,14,16,24,28H,12-13H2,1-5H3,(H,27,29,32). The molecule has 0 saturated carbocycles. The van der Waals surface area contributed by atoms with E-state index in [1.807, 2.05) is 63.2 Å². The lowest BCUT2D eigenvalue weighted by Gasteiger charge is -2.36. The average Bonchev–Trinajstić information content (AvgIpc) is 2.74. The SMILES string of the molecule is CC1=C(C(=O)Nc2ccc(C)cn2)C(c2ccc(N(C)C)cc2)C2=C(CC(C)CC2=O)N1. The topological polar surface area (TPSA) is 74.3 Å². The number of Topliss-reactive ketones (excluding diaryl/α,β-unsaturated/α-hetero) is 1. The lowest BCUT2D eigenvalue weighted by atomic mass is 9.73. The molecule has 6 nitrogen and oxygen atoms in total. The van der Waals surface area contributed by atoms with Crippen molar-refractivity contribution in [3.05, 3.63) is 76.3 Å². The zero-order valence-corrected chi connectivity index (χ0v) is 19.3. The molecule has 2 aliphatic rings. The van der Waals surface area contributed by atoms with Crippen molar-refractivity contribution >= 4 is 23.2 Å². The normalized spacial score (nSPS) is 20.6. The number of hydrogen-bond acceptors (Lipinski definition) is 5. The first-order valence-electron chi connectivity index (χ1n) is 11.0. The first-order valence-corrected chi connectivity index (χ1v) is 11.0. The fraction of sp³-hybridized carbons (Fsp3) is 0.346. The Labute approximate surface area is 189 Å². The van der Waals surface area contributed by atoms with Crippen LogP contribution in [-0.4, -0.2) is 30.8 Å². The number of pyridine rings is 1. The maximum absolute atomic E-state index is 13.5. The van der Waals surface area contributed by atoms with Crippen LogP contribution in [0.3, 0.4) is 0 Å². The number of nitrogens with one attached hydrogen (secondary N) is 2. The third kappa shape index (κ3) is 4.17. The Kier molecular flexibility index (Phi) is 5.87. The largest absolute Gasteiger partial charge is 0.378 e. The maximum atomic E-state index is 13.5. The molecule has 166 valence electrons. The van der Waals surface area contributed by atoms with Gasteiger partial charge in [-0.15, -0.1) is 0 Å². The molecule has 2 heterocycles. The lowest BCUT2D eigenvalue weighted by Crippen LogP contribution is -2.37. The quantitative estimate of drug-likeness (QED) is 0.756. The number of carbonyl (C=O) groups excluding carboxylic acids is 2. The summed E-state index contributed by atoms with van der Waals surface area (Å²) in [7, 11) is 3.98. The summed E-state index contributed by atoms with van der Waals surface area (Å²) in [4.78, 5) is 33.0. The van der Waals surface area contributed by atoms with Crippen molar-refractivity contribution < 1.29 is 9.59 Å². The number of amides is 1. The molecule has 2 N–H and O–H groups in total. The van der Waals surface area contributed by atoms with Crippen LogP contribution in [0.25, 0.3) is 0 Å². The summed E-state index contributed by atoms with van der Waals surface area (Å²) in [6.07, 6.45) is 3.03. The van der Waals surface area contributed by atoms with Crippen molar-refractivity contribution in [3.63, 3.8) is 0 Å². The fourth-order valence-corrected chi connectivity index (χ4v) is 4.56. The van der Waals surface area contributed by atoms with E-state index in [9.17, 15) is 9.59 Å². The Hall–Kier alpha value is -3.41. The predicted molar refractivity (Wildman–Crippen MR) is 127 cm³/mol. The van der Waals surface area contributed by atoms with Crippen molar-refractivity contribution in [2.75, 3.05) is 24.3 Å². The highest BCUT2D eigenvalue weighted by Crippen LogP contribution is 2.43. The molecule has 1 aromatic heterocycles. The van der Waals surface area contributed by atoms with Crippen LogP contribution >= 0.6 is 0 Å². The van der Waals surface area contributed by atoms with Crippen molar-refractivity contribution in [2.24, 2.45) is 5.92 Å². The number of anilines is 2. The van der Waals surface area contributed by atoms with E-state index >= 15 is 0 Å². The molecule has 0 saturated heterocycles. The Balaban J connectivity index is 1.77. The van der Waals surface area contributed by atoms with E-state index in [2.05, 4.69) is 22.5 Å². The van der Waals surface area contributed by atoms with Crippen LogP contribution in [0.2, 0.25) is 0 Å². The molecular formula is C26H30N4O2. The highest BCUT2D eigenvalue weighted by molar-refractivity contribution is 6.09. The molecule has 0 fully saturated rings. The molecule has 1 aliphatic heterocycles. The molecule has 6 heteroatoms.